The van der Waals surface area contributed by atoms with E-state index in [0.29, 0.717) is 25.7 Å². The molecule has 1 amide bonds. The molecule has 1 aliphatic rings. The first kappa shape index (κ1) is 14.4. The van der Waals surface area contributed by atoms with Crippen LogP contribution in [0.25, 0.3) is 0 Å². The van der Waals surface area contributed by atoms with Crippen LogP contribution in [-0.4, -0.2) is 64.0 Å². The number of nitrogens with zero attached hydrogens (tertiary/aromatic N) is 1. The second-order valence-corrected chi connectivity index (χ2v) is 4.43. The van der Waals surface area contributed by atoms with Crippen molar-refractivity contribution in [2.45, 2.75) is 19.4 Å². The van der Waals surface area contributed by atoms with Crippen molar-refractivity contribution in [3.8, 4) is 0 Å². The van der Waals surface area contributed by atoms with Crippen LogP contribution in [0.1, 0.15) is 13.3 Å². The zero-order chi connectivity index (χ0) is 12.7. The van der Waals surface area contributed by atoms with Crippen LogP contribution >= 0.6 is 0 Å². The zero-order valence-corrected chi connectivity index (χ0v) is 11.0. The molecule has 5 heteroatoms. The van der Waals surface area contributed by atoms with Crippen molar-refractivity contribution in [3.63, 3.8) is 0 Å². The third-order valence-electron chi connectivity index (χ3n) is 3.20. The van der Waals surface area contributed by atoms with E-state index in [1.54, 1.807) is 14.2 Å². The van der Waals surface area contributed by atoms with Gasteiger partial charge in [0.1, 0.15) is 6.61 Å². The number of hydrogen-bond donors (Lipinski definition) is 0. The van der Waals surface area contributed by atoms with Gasteiger partial charge in [-0.3, -0.25) is 4.79 Å². The number of likely N-dealkylation sites (tertiary alicyclic amines) is 1. The van der Waals surface area contributed by atoms with Gasteiger partial charge in [0.05, 0.1) is 19.3 Å². The first-order valence-corrected chi connectivity index (χ1v) is 6.06. The van der Waals surface area contributed by atoms with Gasteiger partial charge in [0.2, 0.25) is 5.91 Å². The maximum Gasteiger partial charge on any atom is 0.248 e. The molecule has 0 radical (unpaired) electrons. The maximum absolute atomic E-state index is 11.8. The standard InChI is InChI=1S/C12H23NO4/c1-10-4-5-13(8-11(10)16-3)12(14)9-17-7-6-15-2/h10-11H,4-9H2,1-3H3. The minimum Gasteiger partial charge on any atom is -0.382 e. The molecule has 0 aromatic heterocycles. The zero-order valence-electron chi connectivity index (χ0n) is 11.0. The molecule has 0 spiro atoms. The predicted octanol–water partition coefficient (Wildman–Crippen LogP) is 0.533. The van der Waals surface area contributed by atoms with Crippen LogP contribution < -0.4 is 0 Å². The number of carbonyl (C=O) groups excluding carboxylic acids is 1. The minimum absolute atomic E-state index is 0.0371. The normalized spacial score (nSPS) is 25.0. The van der Waals surface area contributed by atoms with Crippen LogP contribution in [0, 0.1) is 5.92 Å². The van der Waals surface area contributed by atoms with Gasteiger partial charge in [0.15, 0.2) is 0 Å². The summed E-state index contributed by atoms with van der Waals surface area (Å²) in [6.07, 6.45) is 1.13. The fourth-order valence-electron chi connectivity index (χ4n) is 1.96. The molecule has 0 bridgehead atoms. The predicted molar refractivity (Wildman–Crippen MR) is 63.9 cm³/mol. The van der Waals surface area contributed by atoms with Crippen molar-refractivity contribution >= 4 is 5.91 Å². The van der Waals surface area contributed by atoms with Gasteiger partial charge in [-0.15, -0.1) is 0 Å². The van der Waals surface area contributed by atoms with E-state index in [4.69, 9.17) is 14.2 Å². The number of methoxy groups -OCH3 is 2. The van der Waals surface area contributed by atoms with Crippen LogP contribution in [0.3, 0.4) is 0 Å². The van der Waals surface area contributed by atoms with Gasteiger partial charge < -0.3 is 19.1 Å². The van der Waals surface area contributed by atoms with E-state index in [2.05, 4.69) is 6.92 Å². The first-order chi connectivity index (χ1) is 8.19. The lowest BCUT2D eigenvalue weighted by Gasteiger charge is -2.36. The van der Waals surface area contributed by atoms with E-state index < -0.39 is 0 Å². The molecular formula is C12H23NO4. The summed E-state index contributed by atoms with van der Waals surface area (Å²) in [5, 5.41) is 0. The van der Waals surface area contributed by atoms with Gasteiger partial charge in [0.25, 0.3) is 0 Å². The average molecular weight is 245 g/mol. The van der Waals surface area contributed by atoms with E-state index >= 15 is 0 Å². The molecule has 0 aromatic rings. The van der Waals surface area contributed by atoms with Crippen LogP contribution in [0.2, 0.25) is 0 Å². The molecule has 100 valence electrons. The van der Waals surface area contributed by atoms with E-state index in [-0.39, 0.29) is 18.6 Å². The lowest BCUT2D eigenvalue weighted by molar-refractivity contribution is -0.141. The molecule has 17 heavy (non-hydrogen) atoms. The topological polar surface area (TPSA) is 48.0 Å². The molecule has 5 nitrogen and oxygen atoms in total. The fraction of sp³-hybridized carbons (Fsp3) is 0.917. The molecule has 1 fully saturated rings. The monoisotopic (exact) mass is 245 g/mol. The van der Waals surface area contributed by atoms with Gasteiger partial charge in [-0.05, 0) is 12.3 Å². The van der Waals surface area contributed by atoms with Crippen LogP contribution in [0.4, 0.5) is 0 Å². The quantitative estimate of drug-likeness (QED) is 0.641. The molecule has 0 aliphatic carbocycles. The Kier molecular flexibility index (Phi) is 6.47. The lowest BCUT2D eigenvalue weighted by atomic mass is 9.96. The summed E-state index contributed by atoms with van der Waals surface area (Å²) in [6.45, 7) is 4.74. The van der Waals surface area contributed by atoms with Crippen molar-refractivity contribution in [3.05, 3.63) is 0 Å². The summed E-state index contributed by atoms with van der Waals surface area (Å²) in [4.78, 5) is 13.7. The first-order valence-electron chi connectivity index (χ1n) is 6.06. The minimum atomic E-state index is 0.0371. The Labute approximate surface area is 103 Å². The fourth-order valence-corrected chi connectivity index (χ4v) is 1.96. The van der Waals surface area contributed by atoms with E-state index in [9.17, 15) is 4.79 Å². The van der Waals surface area contributed by atoms with Crippen molar-refractivity contribution in [1.29, 1.82) is 0 Å². The lowest BCUT2D eigenvalue weighted by Crippen LogP contribution is -2.47. The summed E-state index contributed by atoms with van der Waals surface area (Å²) in [5.41, 5.74) is 0. The van der Waals surface area contributed by atoms with Crippen molar-refractivity contribution in [2.24, 2.45) is 5.92 Å². The van der Waals surface area contributed by atoms with Gasteiger partial charge >= 0.3 is 0 Å². The van der Waals surface area contributed by atoms with Crippen LogP contribution in [0.5, 0.6) is 0 Å². The summed E-state index contributed by atoms with van der Waals surface area (Å²) >= 11 is 0. The van der Waals surface area contributed by atoms with Gasteiger partial charge in [-0.25, -0.2) is 0 Å². The number of piperidine rings is 1. The molecular weight excluding hydrogens is 222 g/mol. The highest BCUT2D eigenvalue weighted by atomic mass is 16.5. The molecule has 1 saturated heterocycles. The largest absolute Gasteiger partial charge is 0.382 e. The Bertz CT molecular complexity index is 235. The Hall–Kier alpha value is -0.650. The van der Waals surface area contributed by atoms with Gasteiger partial charge in [-0.1, -0.05) is 6.92 Å². The highest BCUT2D eigenvalue weighted by Crippen LogP contribution is 2.19. The highest BCUT2D eigenvalue weighted by Gasteiger charge is 2.28. The highest BCUT2D eigenvalue weighted by molar-refractivity contribution is 5.77. The summed E-state index contributed by atoms with van der Waals surface area (Å²) in [6, 6.07) is 0. The summed E-state index contributed by atoms with van der Waals surface area (Å²) in [7, 11) is 3.31. The smallest absolute Gasteiger partial charge is 0.248 e. The summed E-state index contributed by atoms with van der Waals surface area (Å²) < 4.78 is 15.4. The Morgan fingerprint density at radius 1 is 1.35 bits per heavy atom. The number of ether oxygens (including phenoxy) is 3. The second kappa shape index (κ2) is 7.63. The van der Waals surface area contributed by atoms with Crippen LogP contribution in [-0.2, 0) is 19.0 Å². The molecule has 0 aromatic carbocycles. The van der Waals surface area contributed by atoms with Crippen molar-refractivity contribution < 1.29 is 19.0 Å². The Morgan fingerprint density at radius 3 is 2.76 bits per heavy atom. The maximum atomic E-state index is 11.8. The van der Waals surface area contributed by atoms with E-state index in [0.717, 1.165) is 13.0 Å². The number of rotatable bonds is 6. The molecule has 0 saturated carbocycles. The molecule has 2 unspecified atom stereocenters. The Balaban J connectivity index is 2.27. The third kappa shape index (κ3) is 4.61. The number of carbonyl (C=O) groups is 1. The Morgan fingerprint density at radius 2 is 2.12 bits per heavy atom. The van der Waals surface area contributed by atoms with Gasteiger partial charge in [0, 0.05) is 27.3 Å². The molecule has 1 rings (SSSR count). The van der Waals surface area contributed by atoms with E-state index in [1.807, 2.05) is 4.90 Å². The number of amides is 1. The van der Waals surface area contributed by atoms with E-state index in [1.165, 1.54) is 0 Å². The third-order valence-corrected chi connectivity index (χ3v) is 3.20. The number of hydrogen-bond acceptors (Lipinski definition) is 4. The average Bonchev–Trinajstić information content (AvgIpc) is 2.35. The summed E-state index contributed by atoms with van der Waals surface area (Å²) in [5.74, 6) is 0.550. The van der Waals surface area contributed by atoms with Crippen LogP contribution in [0.15, 0.2) is 0 Å². The molecule has 0 N–H and O–H groups in total. The molecule has 2 atom stereocenters. The van der Waals surface area contributed by atoms with Crippen molar-refractivity contribution in [2.75, 3.05) is 47.1 Å². The molecule has 1 aliphatic heterocycles. The SMILES string of the molecule is COCCOCC(=O)N1CCC(C)C(OC)C1. The second-order valence-electron chi connectivity index (χ2n) is 4.43. The van der Waals surface area contributed by atoms with Crippen molar-refractivity contribution in [1.82, 2.24) is 4.90 Å². The molecule has 1 heterocycles. The van der Waals surface area contributed by atoms with Gasteiger partial charge in [-0.2, -0.15) is 0 Å².